The number of thiazole rings is 1. The van der Waals surface area contributed by atoms with Gasteiger partial charge in [0, 0.05) is 11.6 Å². The monoisotopic (exact) mass is 185 g/mol. The van der Waals surface area contributed by atoms with Crippen LogP contribution in [0, 0.1) is 0 Å². The zero-order valence-corrected chi connectivity index (χ0v) is 8.14. The van der Waals surface area contributed by atoms with Crippen LogP contribution in [0.15, 0.2) is 11.6 Å². The highest BCUT2D eigenvalue weighted by molar-refractivity contribution is 7.11. The Balaban J connectivity index is 2.63. The summed E-state index contributed by atoms with van der Waals surface area (Å²) >= 11 is 1.29. The predicted octanol–water partition coefficient (Wildman–Crippen LogP) is 2.10. The number of hydrogen-bond donors (Lipinski definition) is 0. The SMILES string of the molecule is CC(C)(C)OC(=O)c1nccs1. The summed E-state index contributed by atoms with van der Waals surface area (Å²) < 4.78 is 5.09. The molecule has 0 aliphatic rings. The molecule has 1 aromatic heterocycles. The molecule has 1 rings (SSSR count). The molecule has 0 aliphatic heterocycles. The lowest BCUT2D eigenvalue weighted by molar-refractivity contribution is 0.00692. The molecule has 0 unspecified atom stereocenters. The van der Waals surface area contributed by atoms with E-state index in [1.807, 2.05) is 20.8 Å². The zero-order chi connectivity index (χ0) is 9.19. The van der Waals surface area contributed by atoms with Gasteiger partial charge in [0.2, 0.25) is 5.01 Å². The smallest absolute Gasteiger partial charge is 0.367 e. The molecule has 3 nitrogen and oxygen atoms in total. The fourth-order valence-electron chi connectivity index (χ4n) is 0.646. The Labute approximate surface area is 75.4 Å². The van der Waals surface area contributed by atoms with Gasteiger partial charge in [-0.15, -0.1) is 11.3 Å². The number of carbonyl (C=O) groups excluding carboxylic acids is 1. The molecule has 0 amide bonds. The largest absolute Gasteiger partial charge is 0.455 e. The van der Waals surface area contributed by atoms with E-state index in [-0.39, 0.29) is 5.97 Å². The third-order valence-corrected chi connectivity index (χ3v) is 1.76. The van der Waals surface area contributed by atoms with Gasteiger partial charge in [0.05, 0.1) is 0 Å². The van der Waals surface area contributed by atoms with Crippen molar-refractivity contribution in [3.8, 4) is 0 Å². The van der Waals surface area contributed by atoms with E-state index in [2.05, 4.69) is 4.98 Å². The van der Waals surface area contributed by atoms with Crippen LogP contribution in [0.25, 0.3) is 0 Å². The summed E-state index contributed by atoms with van der Waals surface area (Å²) in [5, 5.41) is 2.16. The van der Waals surface area contributed by atoms with Gasteiger partial charge in [0.25, 0.3) is 0 Å². The molecule has 0 fully saturated rings. The summed E-state index contributed by atoms with van der Waals surface area (Å²) in [6, 6.07) is 0. The second kappa shape index (κ2) is 3.23. The van der Waals surface area contributed by atoms with Crippen molar-refractivity contribution in [3.05, 3.63) is 16.6 Å². The van der Waals surface area contributed by atoms with Gasteiger partial charge in [-0.05, 0) is 20.8 Å². The second-order valence-corrected chi connectivity index (χ2v) is 4.23. The molecule has 0 saturated heterocycles. The van der Waals surface area contributed by atoms with Gasteiger partial charge in [-0.3, -0.25) is 0 Å². The molecule has 0 aliphatic carbocycles. The number of aromatic nitrogens is 1. The van der Waals surface area contributed by atoms with E-state index in [0.29, 0.717) is 5.01 Å². The highest BCUT2D eigenvalue weighted by Gasteiger charge is 2.19. The maximum absolute atomic E-state index is 11.2. The van der Waals surface area contributed by atoms with E-state index < -0.39 is 5.60 Å². The van der Waals surface area contributed by atoms with Gasteiger partial charge in [-0.2, -0.15) is 0 Å². The quantitative estimate of drug-likeness (QED) is 0.629. The first kappa shape index (κ1) is 9.19. The van der Waals surface area contributed by atoms with Crippen LogP contribution >= 0.6 is 11.3 Å². The van der Waals surface area contributed by atoms with Crippen LogP contribution in [0.4, 0.5) is 0 Å². The number of nitrogens with zero attached hydrogens (tertiary/aromatic N) is 1. The molecule has 12 heavy (non-hydrogen) atoms. The van der Waals surface area contributed by atoms with Crippen molar-refractivity contribution < 1.29 is 9.53 Å². The third kappa shape index (κ3) is 2.62. The number of esters is 1. The average Bonchev–Trinajstić information content (AvgIpc) is 2.32. The van der Waals surface area contributed by atoms with Crippen molar-refractivity contribution in [2.75, 3.05) is 0 Å². The Morgan fingerprint density at radius 2 is 2.25 bits per heavy atom. The summed E-state index contributed by atoms with van der Waals surface area (Å²) in [5.41, 5.74) is -0.442. The molecular weight excluding hydrogens is 174 g/mol. The van der Waals surface area contributed by atoms with Crippen molar-refractivity contribution >= 4 is 17.3 Å². The van der Waals surface area contributed by atoms with Crippen LogP contribution in [-0.4, -0.2) is 16.6 Å². The minimum absolute atomic E-state index is 0.350. The molecule has 4 heteroatoms. The molecular formula is C8H11NO2S. The molecule has 0 aromatic carbocycles. The molecule has 1 heterocycles. The van der Waals surface area contributed by atoms with Crippen molar-refractivity contribution in [2.24, 2.45) is 0 Å². The zero-order valence-electron chi connectivity index (χ0n) is 7.33. The number of hydrogen-bond acceptors (Lipinski definition) is 4. The lowest BCUT2D eigenvalue weighted by Crippen LogP contribution is -2.23. The predicted molar refractivity (Wildman–Crippen MR) is 47.3 cm³/mol. The summed E-state index contributed by atoms with van der Waals surface area (Å²) in [4.78, 5) is 15.1. The van der Waals surface area contributed by atoms with E-state index in [1.54, 1.807) is 11.6 Å². The highest BCUT2D eigenvalue weighted by Crippen LogP contribution is 2.13. The van der Waals surface area contributed by atoms with E-state index >= 15 is 0 Å². The van der Waals surface area contributed by atoms with Crippen LogP contribution in [0.1, 0.15) is 30.6 Å². The van der Waals surface area contributed by atoms with Crippen LogP contribution in [0.5, 0.6) is 0 Å². The minimum atomic E-state index is -0.442. The normalized spacial score (nSPS) is 11.2. The number of carbonyl (C=O) groups is 1. The van der Waals surface area contributed by atoms with Crippen LogP contribution in [0.3, 0.4) is 0 Å². The Kier molecular flexibility index (Phi) is 2.47. The maximum Gasteiger partial charge on any atom is 0.367 e. The van der Waals surface area contributed by atoms with Gasteiger partial charge in [0.15, 0.2) is 0 Å². The van der Waals surface area contributed by atoms with Gasteiger partial charge in [-0.1, -0.05) is 0 Å². The second-order valence-electron chi connectivity index (χ2n) is 3.34. The Hall–Kier alpha value is -0.900. The molecule has 0 spiro atoms. The molecule has 66 valence electrons. The summed E-state index contributed by atoms with van der Waals surface area (Å²) in [5.74, 6) is -0.350. The average molecular weight is 185 g/mol. The van der Waals surface area contributed by atoms with E-state index in [1.165, 1.54) is 11.3 Å². The fourth-order valence-corrected chi connectivity index (χ4v) is 1.16. The molecule has 0 radical (unpaired) electrons. The minimum Gasteiger partial charge on any atom is -0.455 e. The lowest BCUT2D eigenvalue weighted by Gasteiger charge is -2.18. The topological polar surface area (TPSA) is 39.2 Å². The van der Waals surface area contributed by atoms with Crippen molar-refractivity contribution in [1.82, 2.24) is 4.98 Å². The first-order valence-electron chi connectivity index (χ1n) is 3.62. The fraction of sp³-hybridized carbons (Fsp3) is 0.500. The summed E-state index contributed by atoms with van der Waals surface area (Å²) in [6.45, 7) is 5.50. The number of rotatable bonds is 1. The third-order valence-electron chi connectivity index (χ3n) is 1.01. The van der Waals surface area contributed by atoms with Crippen LogP contribution in [0.2, 0.25) is 0 Å². The van der Waals surface area contributed by atoms with Crippen LogP contribution in [-0.2, 0) is 4.74 Å². The Bertz CT molecular complexity index is 261. The molecule has 0 bridgehead atoms. The summed E-state index contributed by atoms with van der Waals surface area (Å²) in [7, 11) is 0. The maximum atomic E-state index is 11.2. The first-order valence-corrected chi connectivity index (χ1v) is 4.50. The molecule has 1 aromatic rings. The molecule has 0 atom stereocenters. The van der Waals surface area contributed by atoms with E-state index in [0.717, 1.165) is 0 Å². The van der Waals surface area contributed by atoms with Crippen molar-refractivity contribution in [2.45, 2.75) is 26.4 Å². The Morgan fingerprint density at radius 3 is 2.67 bits per heavy atom. The lowest BCUT2D eigenvalue weighted by atomic mass is 10.2. The van der Waals surface area contributed by atoms with Gasteiger partial charge >= 0.3 is 5.97 Å². The van der Waals surface area contributed by atoms with Gasteiger partial charge < -0.3 is 4.74 Å². The van der Waals surface area contributed by atoms with E-state index in [9.17, 15) is 4.79 Å². The standard InChI is InChI=1S/C8H11NO2S/c1-8(2,3)11-7(10)6-9-4-5-12-6/h4-5H,1-3H3. The summed E-state index contributed by atoms with van der Waals surface area (Å²) in [6.07, 6.45) is 1.59. The number of ether oxygens (including phenoxy) is 1. The van der Waals surface area contributed by atoms with Gasteiger partial charge in [-0.25, -0.2) is 9.78 Å². The first-order chi connectivity index (χ1) is 5.49. The van der Waals surface area contributed by atoms with Crippen LogP contribution < -0.4 is 0 Å². The van der Waals surface area contributed by atoms with E-state index in [4.69, 9.17) is 4.74 Å². The van der Waals surface area contributed by atoms with Gasteiger partial charge in [0.1, 0.15) is 5.60 Å². The van der Waals surface area contributed by atoms with Crippen molar-refractivity contribution in [3.63, 3.8) is 0 Å². The highest BCUT2D eigenvalue weighted by atomic mass is 32.1. The Morgan fingerprint density at radius 1 is 1.58 bits per heavy atom. The molecule has 0 saturated carbocycles. The molecule has 0 N–H and O–H groups in total. The van der Waals surface area contributed by atoms with Crippen molar-refractivity contribution in [1.29, 1.82) is 0 Å².